The van der Waals surface area contributed by atoms with Crippen molar-refractivity contribution in [2.24, 2.45) is 0 Å². The number of imidazole rings is 1. The molecule has 0 unspecified atom stereocenters. The highest BCUT2D eigenvalue weighted by atomic mass is 15.2. The van der Waals surface area contributed by atoms with Gasteiger partial charge < -0.3 is 0 Å². The van der Waals surface area contributed by atoms with Gasteiger partial charge in [0.2, 0.25) is 0 Å². The molecule has 8 aromatic carbocycles. The summed E-state index contributed by atoms with van der Waals surface area (Å²) in [6.45, 7) is 32.9. The van der Waals surface area contributed by atoms with Crippen LogP contribution in [0.1, 0.15) is 200 Å². The van der Waals surface area contributed by atoms with E-state index in [1.54, 1.807) is 0 Å². The zero-order valence-corrected chi connectivity index (χ0v) is 48.4. The molecule has 9 aromatic rings. The number of benzene rings is 8. The molecule has 2 nitrogen and oxygen atoms in total. The monoisotopic (exact) mass is 1000 g/mol. The first-order valence-electron chi connectivity index (χ1n) is 29.2. The number of nitrogens with zero attached hydrogens (tertiary/aromatic N) is 2. The minimum Gasteiger partial charge on any atom is -0.193 e. The Morgan fingerprint density at radius 2 is 0.724 bits per heavy atom. The molecule has 0 N–H and O–H groups in total. The van der Waals surface area contributed by atoms with E-state index in [4.69, 9.17) is 0 Å². The third-order valence-corrected chi connectivity index (χ3v) is 17.6. The molecule has 1 aliphatic carbocycles. The zero-order chi connectivity index (χ0) is 53.7. The molecule has 0 saturated carbocycles. The van der Waals surface area contributed by atoms with Gasteiger partial charge in [0.1, 0.15) is 11.4 Å². The van der Waals surface area contributed by atoms with Gasteiger partial charge in [0.15, 0.2) is 11.4 Å². The van der Waals surface area contributed by atoms with E-state index in [1.165, 1.54) is 145 Å². The average molecular weight is 1000 g/mol. The van der Waals surface area contributed by atoms with Crippen molar-refractivity contribution in [3.8, 4) is 33.9 Å². The first kappa shape index (κ1) is 52.7. The molecule has 1 aromatic heterocycles. The third-order valence-electron chi connectivity index (χ3n) is 17.6. The van der Waals surface area contributed by atoms with Crippen molar-refractivity contribution >= 4 is 10.8 Å². The molecule has 4 atom stereocenters. The van der Waals surface area contributed by atoms with E-state index in [9.17, 15) is 0 Å². The summed E-state index contributed by atoms with van der Waals surface area (Å²) in [4.78, 5) is 0. The quantitative estimate of drug-likeness (QED) is 0.0804. The van der Waals surface area contributed by atoms with E-state index in [-0.39, 0.29) is 23.7 Å². The highest BCUT2D eigenvalue weighted by Crippen LogP contribution is 2.50. The predicted molar refractivity (Wildman–Crippen MR) is 325 cm³/mol. The summed E-state index contributed by atoms with van der Waals surface area (Å²) in [5.41, 5.74) is 32.5. The van der Waals surface area contributed by atoms with Crippen LogP contribution in [-0.2, 0) is 44.9 Å². The normalized spacial score (nSPS) is 13.6. The van der Waals surface area contributed by atoms with E-state index in [0.29, 0.717) is 0 Å². The maximum absolute atomic E-state index is 2.69. The van der Waals surface area contributed by atoms with Crippen LogP contribution in [0, 0.1) is 20.8 Å². The van der Waals surface area contributed by atoms with Crippen LogP contribution in [-0.4, -0.2) is 4.57 Å². The highest BCUT2D eigenvalue weighted by molar-refractivity contribution is 6.13. The van der Waals surface area contributed by atoms with Gasteiger partial charge in [0, 0.05) is 62.4 Å². The lowest BCUT2D eigenvalue weighted by Gasteiger charge is -2.25. The number of fused-ring (bicyclic) bond motifs is 3. The second kappa shape index (κ2) is 21.7. The molecule has 0 aliphatic heterocycles. The topological polar surface area (TPSA) is 8.81 Å². The van der Waals surface area contributed by atoms with Gasteiger partial charge in [-0.1, -0.05) is 214 Å². The van der Waals surface area contributed by atoms with Crippen LogP contribution in [0.25, 0.3) is 44.7 Å². The zero-order valence-electron chi connectivity index (χ0n) is 48.4. The van der Waals surface area contributed by atoms with E-state index < -0.39 is 0 Å². The minimum absolute atomic E-state index is 0.119. The summed E-state index contributed by atoms with van der Waals surface area (Å²) in [6, 6.07) is 53.6. The van der Waals surface area contributed by atoms with E-state index in [1.807, 2.05) is 0 Å². The third kappa shape index (κ3) is 9.60. The number of aryl methyl sites for hydroxylation is 10. The van der Waals surface area contributed by atoms with Gasteiger partial charge in [-0.15, -0.1) is 0 Å². The lowest BCUT2D eigenvalue weighted by molar-refractivity contribution is -0.584. The fraction of sp³-hybridized carbons (Fsp3) is 0.338. The largest absolute Gasteiger partial charge is 0.255 e. The van der Waals surface area contributed by atoms with Gasteiger partial charge in [-0.25, -0.2) is 0 Å². The van der Waals surface area contributed by atoms with Crippen LogP contribution in [0.4, 0.5) is 0 Å². The average Bonchev–Trinajstić information content (AvgIpc) is 4.07. The molecule has 2 heteroatoms. The standard InChI is InChI=1S/C74H83N2/c1-15-52-28-45(8)29-60(37-52)48(11)66-30-46(9)31-67(49(12)61-38-53(16-2)34-54(17-3)39-61)71(66)75-44-76(74-65-27-23-25-59-24-22-26-64(70(59)65)73(74)75)72-68(50(13)62-40-55(18-4)35-56(19-5)41-62)32-47(10)33-69(72)51(14)63-42-57(20-6)36-58(21-7)43-63/h22-44,48-51H,15-21H2,1-14H3/q+1/t48-,49-,50-,51-/m1/s1. The van der Waals surface area contributed by atoms with Crippen molar-refractivity contribution in [3.05, 3.63) is 240 Å². The number of rotatable bonds is 17. The maximum Gasteiger partial charge on any atom is 0.255 e. The van der Waals surface area contributed by atoms with Crippen LogP contribution >= 0.6 is 0 Å². The van der Waals surface area contributed by atoms with Crippen LogP contribution in [0.15, 0.2) is 140 Å². The molecule has 10 rings (SSSR count). The highest BCUT2D eigenvalue weighted by Gasteiger charge is 2.41. The lowest BCUT2D eigenvalue weighted by atomic mass is 9.82. The fourth-order valence-corrected chi connectivity index (χ4v) is 13.0. The number of hydrogen-bond donors (Lipinski definition) is 0. The second-order valence-corrected chi connectivity index (χ2v) is 22.7. The number of aromatic nitrogens is 2. The first-order valence-corrected chi connectivity index (χ1v) is 29.2. The van der Waals surface area contributed by atoms with Crippen LogP contribution < -0.4 is 4.57 Å². The van der Waals surface area contributed by atoms with Crippen molar-refractivity contribution in [1.29, 1.82) is 0 Å². The molecule has 0 spiro atoms. The molecule has 0 radical (unpaired) electrons. The van der Waals surface area contributed by atoms with E-state index >= 15 is 0 Å². The smallest absolute Gasteiger partial charge is 0.193 e. The molecule has 1 aliphatic rings. The molecule has 0 saturated heterocycles. The van der Waals surface area contributed by atoms with E-state index in [2.05, 4.69) is 246 Å². The van der Waals surface area contributed by atoms with Crippen molar-refractivity contribution in [2.75, 3.05) is 0 Å². The van der Waals surface area contributed by atoms with Gasteiger partial charge >= 0.3 is 0 Å². The Morgan fingerprint density at radius 3 is 1.13 bits per heavy atom. The van der Waals surface area contributed by atoms with Crippen molar-refractivity contribution in [3.63, 3.8) is 0 Å². The molecule has 0 amide bonds. The summed E-state index contributed by atoms with van der Waals surface area (Å²) in [5.74, 6) is 0.480. The lowest BCUT2D eigenvalue weighted by Crippen LogP contribution is -2.35. The van der Waals surface area contributed by atoms with Gasteiger partial charge in [-0.05, 0) is 144 Å². The SMILES string of the molecule is CCc1cc(CC)cc([C@@H](C)c2cc(C)cc([C@H](C)c3cc(CC)cc(CC)c3)c2-n2c[n+](-c3c([C@H](C)c4cc(C)cc(CC)c4)cc(C)cc3[C@H](C)c3cc(CC)cc(CC)c3)c3c2-c2cccc4cccc-3c24)c1. The Kier molecular flexibility index (Phi) is 15.0. The van der Waals surface area contributed by atoms with Crippen molar-refractivity contribution in [2.45, 2.75) is 166 Å². The summed E-state index contributed by atoms with van der Waals surface area (Å²) in [5, 5.41) is 2.62. The molecule has 388 valence electrons. The molecule has 76 heavy (non-hydrogen) atoms. The van der Waals surface area contributed by atoms with Crippen LogP contribution in [0.3, 0.4) is 0 Å². The Labute approximate surface area is 456 Å². The Hall–Kier alpha value is -6.77. The first-order chi connectivity index (χ1) is 36.7. The summed E-state index contributed by atoms with van der Waals surface area (Å²) in [6.07, 6.45) is 9.64. The van der Waals surface area contributed by atoms with Gasteiger partial charge in [-0.2, -0.15) is 9.13 Å². The van der Waals surface area contributed by atoms with Crippen molar-refractivity contribution in [1.82, 2.24) is 4.57 Å². The van der Waals surface area contributed by atoms with Crippen LogP contribution in [0.5, 0.6) is 0 Å². The maximum atomic E-state index is 2.69. The summed E-state index contributed by atoms with van der Waals surface area (Å²) in [7, 11) is 0. The fourth-order valence-electron chi connectivity index (χ4n) is 13.0. The molecule has 1 heterocycles. The molecular formula is C74H83N2+. The number of hydrogen-bond acceptors (Lipinski definition) is 0. The predicted octanol–water partition coefficient (Wildman–Crippen LogP) is 19.0. The Morgan fingerprint density at radius 1 is 0.382 bits per heavy atom. The van der Waals surface area contributed by atoms with Crippen molar-refractivity contribution < 1.29 is 4.57 Å². The van der Waals surface area contributed by atoms with Crippen LogP contribution in [0.2, 0.25) is 0 Å². The van der Waals surface area contributed by atoms with Gasteiger partial charge in [-0.3, -0.25) is 0 Å². The van der Waals surface area contributed by atoms with Gasteiger partial charge in [0.05, 0.1) is 0 Å². The Bertz CT molecular complexity index is 3500. The second-order valence-electron chi connectivity index (χ2n) is 22.7. The Balaban J connectivity index is 1.36. The van der Waals surface area contributed by atoms with Gasteiger partial charge in [0.25, 0.3) is 6.33 Å². The van der Waals surface area contributed by atoms with E-state index in [0.717, 1.165) is 44.9 Å². The molecular weight excluding hydrogens is 917 g/mol. The summed E-state index contributed by atoms with van der Waals surface area (Å²) < 4.78 is 5.37. The summed E-state index contributed by atoms with van der Waals surface area (Å²) >= 11 is 0. The molecule has 0 bridgehead atoms. The molecule has 0 fully saturated rings. The minimum atomic E-state index is 0.119.